The van der Waals surface area contributed by atoms with Crippen molar-refractivity contribution in [3.8, 4) is 0 Å². The number of likely N-dealkylation sites (N-methyl/N-ethyl adjacent to an activating group) is 1. The van der Waals surface area contributed by atoms with E-state index in [-0.39, 0.29) is 60.5 Å². The van der Waals surface area contributed by atoms with Crippen LogP contribution in [0.3, 0.4) is 0 Å². The summed E-state index contributed by atoms with van der Waals surface area (Å²) in [6.07, 6.45) is 3.29. The first-order valence-corrected chi connectivity index (χ1v) is 22.4. The van der Waals surface area contributed by atoms with Crippen molar-refractivity contribution in [1.29, 1.82) is 0 Å². The van der Waals surface area contributed by atoms with Gasteiger partial charge in [0, 0.05) is 52.5 Å². The van der Waals surface area contributed by atoms with Crippen molar-refractivity contribution < 1.29 is 38.2 Å². The maximum Gasteiger partial charge on any atom is 0.410 e. The standard InChI is InChI=1S/C45H70N6O8S/c1-12-29(4)38(49(9)43(55)37(28(2)3)48-41(54)32-20-23-50(27-32)44(56)59-45(6,7)8)35(57-10)26-36(52)51-22-16-19-34(51)39(58-11)30(5)40(53)47-33(42-46-21-24-60-42)25-31-17-14-13-15-18-31/h13-15,17-18,21,24,28-30,32-35,37-39H,12,16,19-20,22-23,25-27H2,1-11H3,(H,47,53)(H,48,54)/t29-,30+,32?,33?,34-,35+,37-,38?,39?/m0/s1. The molecule has 0 radical (unpaired) electrons. The minimum Gasteiger partial charge on any atom is -0.444 e. The van der Waals surface area contributed by atoms with Crippen LogP contribution in [0.1, 0.15) is 104 Å². The lowest BCUT2D eigenvalue weighted by molar-refractivity contribution is -0.148. The Morgan fingerprint density at radius 3 is 2.27 bits per heavy atom. The van der Waals surface area contributed by atoms with E-state index in [2.05, 4.69) is 15.6 Å². The molecule has 2 saturated heterocycles. The largest absolute Gasteiger partial charge is 0.444 e. The minimum absolute atomic E-state index is 0.0150. The summed E-state index contributed by atoms with van der Waals surface area (Å²) in [6.45, 7) is 16.2. The molecule has 2 aliphatic heterocycles. The van der Waals surface area contributed by atoms with Crippen LogP contribution in [0.2, 0.25) is 0 Å². The predicted molar refractivity (Wildman–Crippen MR) is 232 cm³/mol. The molecule has 5 amide bonds. The number of nitrogens with one attached hydrogen (secondary N) is 2. The molecule has 334 valence electrons. The SMILES string of the molecule is CC[C@H](C)C([C@@H](CC(=O)N1CCC[C@H]1C(OC)[C@@H](C)C(=O)NC(Cc1ccccc1)c1nccs1)OC)N(C)C(=O)[C@@H](NC(=O)C1CCN(C(=O)OC(C)(C)C)C1)C(C)C. The van der Waals surface area contributed by atoms with Gasteiger partial charge in [0.15, 0.2) is 0 Å². The molecule has 1 aromatic heterocycles. The zero-order valence-electron chi connectivity index (χ0n) is 37.6. The molecular formula is C45H70N6O8S. The molecule has 2 aromatic rings. The van der Waals surface area contributed by atoms with E-state index in [1.54, 1.807) is 53.1 Å². The molecule has 0 bridgehead atoms. The zero-order valence-corrected chi connectivity index (χ0v) is 38.5. The monoisotopic (exact) mass is 854 g/mol. The number of carbonyl (C=O) groups excluding carboxylic acids is 5. The van der Waals surface area contributed by atoms with Gasteiger partial charge in [0.2, 0.25) is 23.6 Å². The molecule has 4 rings (SSSR count). The number of thiazole rings is 1. The van der Waals surface area contributed by atoms with Crippen LogP contribution < -0.4 is 10.6 Å². The first-order chi connectivity index (χ1) is 28.4. The smallest absolute Gasteiger partial charge is 0.410 e. The normalized spacial score (nSPS) is 20.5. The molecule has 2 fully saturated rings. The lowest BCUT2D eigenvalue weighted by Crippen LogP contribution is -2.58. The van der Waals surface area contributed by atoms with Gasteiger partial charge < -0.3 is 39.5 Å². The van der Waals surface area contributed by atoms with E-state index < -0.39 is 47.8 Å². The van der Waals surface area contributed by atoms with E-state index in [1.165, 1.54) is 16.2 Å². The maximum atomic E-state index is 14.4. The summed E-state index contributed by atoms with van der Waals surface area (Å²) in [5.74, 6) is -2.21. The maximum absolute atomic E-state index is 14.4. The van der Waals surface area contributed by atoms with Gasteiger partial charge in [0.25, 0.3) is 0 Å². The quantitative estimate of drug-likeness (QED) is 0.177. The second kappa shape index (κ2) is 22.1. The molecule has 0 saturated carbocycles. The number of benzene rings is 1. The highest BCUT2D eigenvalue weighted by molar-refractivity contribution is 7.09. The van der Waals surface area contributed by atoms with Crippen LogP contribution in [-0.2, 0) is 39.8 Å². The number of hydrogen-bond acceptors (Lipinski definition) is 10. The van der Waals surface area contributed by atoms with Gasteiger partial charge in [0.05, 0.1) is 48.6 Å². The van der Waals surface area contributed by atoms with E-state index in [1.807, 2.05) is 75.2 Å². The lowest BCUT2D eigenvalue weighted by atomic mass is 9.89. The Morgan fingerprint density at radius 2 is 1.68 bits per heavy atom. The molecule has 0 spiro atoms. The molecular weight excluding hydrogens is 785 g/mol. The second-order valence-electron chi connectivity index (χ2n) is 17.9. The van der Waals surface area contributed by atoms with E-state index in [9.17, 15) is 24.0 Å². The molecule has 2 N–H and O–H groups in total. The molecule has 60 heavy (non-hydrogen) atoms. The molecule has 9 atom stereocenters. The van der Waals surface area contributed by atoms with Crippen LogP contribution in [0.25, 0.3) is 0 Å². The van der Waals surface area contributed by atoms with Gasteiger partial charge >= 0.3 is 6.09 Å². The molecule has 1 aromatic carbocycles. The molecule has 14 nitrogen and oxygen atoms in total. The van der Waals surface area contributed by atoms with Crippen molar-refractivity contribution in [3.63, 3.8) is 0 Å². The third-order valence-electron chi connectivity index (χ3n) is 12.0. The van der Waals surface area contributed by atoms with E-state index >= 15 is 0 Å². The van der Waals surface area contributed by atoms with Gasteiger partial charge in [-0.2, -0.15) is 0 Å². The molecule has 2 aliphatic rings. The topological polar surface area (TPSA) is 160 Å². The van der Waals surface area contributed by atoms with E-state index in [4.69, 9.17) is 14.2 Å². The van der Waals surface area contributed by atoms with Crippen LogP contribution in [0, 0.1) is 23.7 Å². The Bertz CT molecular complexity index is 1700. The Morgan fingerprint density at radius 1 is 0.983 bits per heavy atom. The van der Waals surface area contributed by atoms with E-state index in [0.29, 0.717) is 38.8 Å². The number of methoxy groups -OCH3 is 2. The molecule has 4 unspecified atom stereocenters. The third kappa shape index (κ3) is 12.7. The van der Waals surface area contributed by atoms with Gasteiger partial charge in [-0.25, -0.2) is 9.78 Å². The zero-order chi connectivity index (χ0) is 44.3. The van der Waals surface area contributed by atoms with Gasteiger partial charge in [-0.1, -0.05) is 71.4 Å². The fourth-order valence-corrected chi connectivity index (χ4v) is 9.23. The lowest BCUT2D eigenvalue weighted by Gasteiger charge is -2.41. The highest BCUT2D eigenvalue weighted by Crippen LogP contribution is 2.31. The Labute approximate surface area is 361 Å². The van der Waals surface area contributed by atoms with Gasteiger partial charge in [-0.3, -0.25) is 19.2 Å². The Kier molecular flexibility index (Phi) is 17.9. The number of rotatable bonds is 19. The summed E-state index contributed by atoms with van der Waals surface area (Å²) in [5, 5.41) is 8.95. The average Bonchev–Trinajstić information content (AvgIpc) is 4.02. The van der Waals surface area contributed by atoms with Crippen LogP contribution in [0.15, 0.2) is 41.9 Å². The van der Waals surface area contributed by atoms with E-state index in [0.717, 1.165) is 17.0 Å². The fourth-order valence-electron chi connectivity index (χ4n) is 8.54. The van der Waals surface area contributed by atoms with Crippen molar-refractivity contribution in [3.05, 3.63) is 52.5 Å². The van der Waals surface area contributed by atoms with Crippen molar-refractivity contribution >= 4 is 41.1 Å². The number of likely N-dealkylation sites (tertiary alicyclic amines) is 2. The number of ether oxygens (including phenoxy) is 3. The number of hydrogen-bond donors (Lipinski definition) is 2. The number of nitrogens with zero attached hydrogens (tertiary/aromatic N) is 4. The first-order valence-electron chi connectivity index (χ1n) is 21.5. The summed E-state index contributed by atoms with van der Waals surface area (Å²) < 4.78 is 17.6. The highest BCUT2D eigenvalue weighted by Gasteiger charge is 2.44. The van der Waals surface area contributed by atoms with Crippen molar-refractivity contribution in [2.75, 3.05) is 40.9 Å². The Balaban J connectivity index is 1.45. The summed E-state index contributed by atoms with van der Waals surface area (Å²) in [4.78, 5) is 78.4. The highest BCUT2D eigenvalue weighted by atomic mass is 32.1. The predicted octanol–water partition coefficient (Wildman–Crippen LogP) is 5.86. The van der Waals surface area contributed by atoms with Gasteiger partial charge in [0.1, 0.15) is 16.7 Å². The van der Waals surface area contributed by atoms with Crippen molar-refractivity contribution in [2.24, 2.45) is 23.7 Å². The first kappa shape index (κ1) is 48.6. The summed E-state index contributed by atoms with van der Waals surface area (Å²) >= 11 is 1.50. The van der Waals surface area contributed by atoms with Crippen molar-refractivity contribution in [1.82, 2.24) is 30.3 Å². The van der Waals surface area contributed by atoms with Gasteiger partial charge in [-0.05, 0) is 63.9 Å². The third-order valence-corrected chi connectivity index (χ3v) is 12.9. The van der Waals surface area contributed by atoms with Crippen LogP contribution in [-0.4, -0.2) is 126 Å². The summed E-state index contributed by atoms with van der Waals surface area (Å²) in [7, 11) is 4.86. The van der Waals surface area contributed by atoms with Crippen LogP contribution in [0.4, 0.5) is 4.79 Å². The average molecular weight is 855 g/mol. The van der Waals surface area contributed by atoms with Crippen molar-refractivity contribution in [2.45, 2.75) is 136 Å². The second-order valence-corrected chi connectivity index (χ2v) is 18.8. The number of carbonyl (C=O) groups is 5. The Hall–Kier alpha value is -4.08. The van der Waals surface area contributed by atoms with Crippen LogP contribution >= 0.6 is 11.3 Å². The number of amides is 5. The molecule has 0 aliphatic carbocycles. The minimum atomic E-state index is -0.834. The molecule has 3 heterocycles. The summed E-state index contributed by atoms with van der Waals surface area (Å²) in [5.41, 5.74) is 0.433. The summed E-state index contributed by atoms with van der Waals surface area (Å²) in [6, 6.07) is 8.00. The fraction of sp³-hybridized carbons (Fsp3) is 0.689. The van der Waals surface area contributed by atoms with Gasteiger partial charge in [-0.15, -0.1) is 11.3 Å². The number of aromatic nitrogens is 1. The molecule has 15 heteroatoms. The van der Waals surface area contributed by atoms with Crippen LogP contribution in [0.5, 0.6) is 0 Å².